The van der Waals surface area contributed by atoms with Crippen molar-refractivity contribution in [3.05, 3.63) is 24.3 Å². The smallest absolute Gasteiger partial charge is 0.305 e. The summed E-state index contributed by atoms with van der Waals surface area (Å²) in [5.74, 6) is -0.0157. The van der Waals surface area contributed by atoms with E-state index in [1.54, 1.807) is 0 Å². The van der Waals surface area contributed by atoms with Crippen LogP contribution in [-0.2, 0) is 14.3 Å². The van der Waals surface area contributed by atoms with Crippen LogP contribution in [0.25, 0.3) is 0 Å². The third-order valence-corrected chi connectivity index (χ3v) is 18.7. The fourth-order valence-corrected chi connectivity index (χ4v) is 12.7. The van der Waals surface area contributed by atoms with Gasteiger partial charge < -0.3 is 20.3 Å². The van der Waals surface area contributed by atoms with E-state index in [1.807, 2.05) is 0 Å². The number of aliphatic hydroxyl groups excluding tert-OH is 2. The fourth-order valence-electron chi connectivity index (χ4n) is 12.7. The molecule has 2 unspecified atom stereocenters. The van der Waals surface area contributed by atoms with Crippen molar-refractivity contribution in [3.8, 4) is 0 Å². The first kappa shape index (κ1) is 84.3. The predicted octanol–water partition coefficient (Wildman–Crippen LogP) is 26.0. The first-order chi connectivity index (χ1) is 42.5. The summed E-state index contributed by atoms with van der Waals surface area (Å²) in [7, 11) is 0. The van der Waals surface area contributed by atoms with Gasteiger partial charge in [-0.15, -0.1) is 0 Å². The first-order valence-electron chi connectivity index (χ1n) is 39.6. The third-order valence-electron chi connectivity index (χ3n) is 18.7. The van der Waals surface area contributed by atoms with Crippen LogP contribution >= 0.6 is 0 Å². The number of esters is 1. The molecule has 6 nitrogen and oxygen atoms in total. The molecule has 0 radical (unpaired) electrons. The summed E-state index contributed by atoms with van der Waals surface area (Å²) in [6.07, 6.45) is 97.0. The quantitative estimate of drug-likeness (QED) is 0.0320. The lowest BCUT2D eigenvalue weighted by atomic mass is 10.0. The lowest BCUT2D eigenvalue weighted by molar-refractivity contribution is -0.143. The second-order valence-corrected chi connectivity index (χ2v) is 27.4. The highest BCUT2D eigenvalue weighted by molar-refractivity contribution is 5.76. The summed E-state index contributed by atoms with van der Waals surface area (Å²) in [5.41, 5.74) is 0. The Kier molecular flexibility index (Phi) is 74.3. The fraction of sp³-hybridized carbons (Fsp3) is 0.925. The molecule has 0 spiro atoms. The maximum absolute atomic E-state index is 12.6. The number of allylic oxidation sites excluding steroid dienone is 4. The van der Waals surface area contributed by atoms with Crippen LogP contribution in [0.3, 0.4) is 0 Å². The van der Waals surface area contributed by atoms with Crippen molar-refractivity contribution in [1.29, 1.82) is 0 Å². The number of hydrogen-bond donors (Lipinski definition) is 3. The molecule has 0 bridgehead atoms. The molecule has 0 rings (SSSR count). The average Bonchev–Trinajstić information content (AvgIpc) is 3.54. The monoisotopic (exact) mass is 1210 g/mol. The zero-order valence-corrected chi connectivity index (χ0v) is 58.6. The standard InChI is InChI=1S/C80H155NO5/c1-3-5-7-9-11-13-15-17-19-20-21-22-35-38-41-45-48-52-56-60-64-68-72-78(83)77(76-82)81-79(84)73-69-65-61-57-53-49-46-42-39-36-33-31-29-27-25-23-24-26-28-30-32-34-37-40-43-47-51-55-59-63-67-71-75-86-80(85)74-70-66-62-58-54-50-44-18-16-14-12-10-8-6-4-2/h18,26,28,44,77-78,82-83H,3-17,19-25,27,29-43,45-76H2,1-2H3,(H,81,84)/b28-26-,44-18-. The van der Waals surface area contributed by atoms with Crippen LogP contribution in [0.15, 0.2) is 24.3 Å². The molecule has 0 aromatic carbocycles. The minimum atomic E-state index is -0.664. The Bertz CT molecular complexity index is 1350. The van der Waals surface area contributed by atoms with Crippen LogP contribution in [0, 0.1) is 0 Å². The number of amides is 1. The van der Waals surface area contributed by atoms with E-state index in [2.05, 4.69) is 43.5 Å². The highest BCUT2D eigenvalue weighted by Gasteiger charge is 2.20. The van der Waals surface area contributed by atoms with Gasteiger partial charge in [0.05, 0.1) is 25.4 Å². The molecule has 510 valence electrons. The van der Waals surface area contributed by atoms with Gasteiger partial charge in [0.1, 0.15) is 0 Å². The second kappa shape index (κ2) is 75.8. The molecule has 1 amide bonds. The van der Waals surface area contributed by atoms with E-state index < -0.39 is 12.1 Å². The maximum atomic E-state index is 12.6. The zero-order chi connectivity index (χ0) is 62.0. The second-order valence-electron chi connectivity index (χ2n) is 27.4. The van der Waals surface area contributed by atoms with Crippen LogP contribution in [-0.4, -0.2) is 47.4 Å². The van der Waals surface area contributed by atoms with E-state index in [-0.39, 0.29) is 18.5 Å². The van der Waals surface area contributed by atoms with Gasteiger partial charge in [0, 0.05) is 12.8 Å². The van der Waals surface area contributed by atoms with Crippen molar-refractivity contribution in [2.24, 2.45) is 0 Å². The number of unbranched alkanes of at least 4 members (excludes halogenated alkanes) is 60. The van der Waals surface area contributed by atoms with Crippen LogP contribution in [0.4, 0.5) is 0 Å². The molecule has 86 heavy (non-hydrogen) atoms. The molecule has 6 heteroatoms. The molecule has 0 aliphatic carbocycles. The van der Waals surface area contributed by atoms with Gasteiger partial charge in [0.25, 0.3) is 0 Å². The van der Waals surface area contributed by atoms with Gasteiger partial charge in [-0.25, -0.2) is 0 Å². The van der Waals surface area contributed by atoms with Crippen molar-refractivity contribution in [2.75, 3.05) is 13.2 Å². The van der Waals surface area contributed by atoms with Gasteiger partial charge in [-0.1, -0.05) is 385 Å². The predicted molar refractivity (Wildman–Crippen MR) is 380 cm³/mol. The third kappa shape index (κ3) is 71.4. The number of carbonyl (C=O) groups is 2. The number of rotatable bonds is 75. The lowest BCUT2D eigenvalue weighted by Crippen LogP contribution is -2.45. The van der Waals surface area contributed by atoms with E-state index >= 15 is 0 Å². The number of hydrogen-bond acceptors (Lipinski definition) is 5. The summed E-state index contributed by atoms with van der Waals surface area (Å²) in [6, 6.07) is -0.540. The highest BCUT2D eigenvalue weighted by Crippen LogP contribution is 2.20. The molecule has 0 saturated heterocycles. The Balaban J connectivity index is 3.35. The zero-order valence-electron chi connectivity index (χ0n) is 58.6. The summed E-state index contributed by atoms with van der Waals surface area (Å²) in [5, 5.41) is 23.5. The Morgan fingerprint density at radius 2 is 0.547 bits per heavy atom. The van der Waals surface area contributed by atoms with E-state index in [0.717, 1.165) is 44.9 Å². The van der Waals surface area contributed by atoms with Crippen molar-refractivity contribution in [1.82, 2.24) is 5.32 Å². The van der Waals surface area contributed by atoms with Crippen molar-refractivity contribution in [2.45, 2.75) is 463 Å². The molecule has 0 fully saturated rings. The first-order valence-corrected chi connectivity index (χ1v) is 39.6. The van der Waals surface area contributed by atoms with E-state index in [0.29, 0.717) is 25.9 Å². The molecule has 0 aromatic rings. The maximum Gasteiger partial charge on any atom is 0.305 e. The van der Waals surface area contributed by atoms with Crippen molar-refractivity contribution in [3.63, 3.8) is 0 Å². The molecule has 0 saturated carbocycles. The summed E-state index contributed by atoms with van der Waals surface area (Å²) >= 11 is 0. The summed E-state index contributed by atoms with van der Waals surface area (Å²) < 4.78 is 5.50. The summed E-state index contributed by atoms with van der Waals surface area (Å²) in [4.78, 5) is 24.6. The normalized spacial score (nSPS) is 12.6. The molecule has 0 aliphatic rings. The highest BCUT2D eigenvalue weighted by atomic mass is 16.5. The van der Waals surface area contributed by atoms with Gasteiger partial charge in [-0.3, -0.25) is 9.59 Å². The van der Waals surface area contributed by atoms with E-state index in [1.165, 1.54) is 372 Å². The Labute approximate surface area is 539 Å². The molecule has 0 aromatic heterocycles. The van der Waals surface area contributed by atoms with Gasteiger partial charge in [-0.05, 0) is 77.0 Å². The molecule has 0 aliphatic heterocycles. The van der Waals surface area contributed by atoms with E-state index in [9.17, 15) is 19.8 Å². The molecule has 0 heterocycles. The number of aliphatic hydroxyl groups is 2. The molecular formula is C80H155NO5. The minimum Gasteiger partial charge on any atom is -0.466 e. The molecule has 3 N–H and O–H groups in total. The Morgan fingerprint density at radius 1 is 0.314 bits per heavy atom. The minimum absolute atomic E-state index is 0.0113. The average molecular weight is 1210 g/mol. The van der Waals surface area contributed by atoms with Gasteiger partial charge in [0.15, 0.2) is 0 Å². The number of carbonyl (C=O) groups excluding carboxylic acids is 2. The Hall–Kier alpha value is -1.66. The van der Waals surface area contributed by atoms with Gasteiger partial charge in [-0.2, -0.15) is 0 Å². The molecule has 2 atom stereocenters. The van der Waals surface area contributed by atoms with Crippen LogP contribution in [0.2, 0.25) is 0 Å². The van der Waals surface area contributed by atoms with E-state index in [4.69, 9.17) is 4.74 Å². The van der Waals surface area contributed by atoms with Gasteiger partial charge in [0.2, 0.25) is 5.91 Å². The van der Waals surface area contributed by atoms with Crippen molar-refractivity contribution < 1.29 is 24.5 Å². The van der Waals surface area contributed by atoms with Crippen LogP contribution < -0.4 is 5.32 Å². The van der Waals surface area contributed by atoms with Gasteiger partial charge >= 0.3 is 5.97 Å². The largest absolute Gasteiger partial charge is 0.466 e. The van der Waals surface area contributed by atoms with Crippen LogP contribution in [0.5, 0.6) is 0 Å². The number of nitrogens with one attached hydrogen (secondary N) is 1. The SMILES string of the molecule is CCCCCCCC/C=C\CCCCCCCC(=O)OCCCCCCCCCCCCCC/C=C\CCCCCCCCCCCCCCCCCCC(=O)NC(CO)C(O)CCCCCCCCCCCCCCCCCCCCCCCC. The number of ether oxygens (including phenoxy) is 1. The van der Waals surface area contributed by atoms with Crippen molar-refractivity contribution >= 4 is 11.9 Å². The lowest BCUT2D eigenvalue weighted by Gasteiger charge is -2.22. The molecular weight excluding hydrogens is 1050 g/mol. The topological polar surface area (TPSA) is 95.9 Å². The Morgan fingerprint density at radius 3 is 0.826 bits per heavy atom. The summed E-state index contributed by atoms with van der Waals surface area (Å²) in [6.45, 7) is 5.00. The van der Waals surface area contributed by atoms with Crippen LogP contribution in [0.1, 0.15) is 450 Å².